The van der Waals surface area contributed by atoms with Gasteiger partial charge in [-0.05, 0) is 19.1 Å². The Morgan fingerprint density at radius 1 is 1.33 bits per heavy atom. The molecule has 0 amide bonds. The molecule has 0 saturated carbocycles. The van der Waals surface area contributed by atoms with Gasteiger partial charge in [0.05, 0.1) is 11.3 Å². The van der Waals surface area contributed by atoms with Crippen LogP contribution >= 0.6 is 0 Å². The van der Waals surface area contributed by atoms with Gasteiger partial charge in [0.15, 0.2) is 5.78 Å². The van der Waals surface area contributed by atoms with Crippen molar-refractivity contribution in [3.8, 4) is 0 Å². The molecule has 0 aliphatic heterocycles. The lowest BCUT2D eigenvalue weighted by molar-refractivity contribution is 0.101. The molecule has 0 fully saturated rings. The van der Waals surface area contributed by atoms with Gasteiger partial charge >= 0.3 is 0 Å². The number of nitrogens with two attached hydrogens (primary N) is 1. The van der Waals surface area contributed by atoms with E-state index in [-0.39, 0.29) is 5.56 Å². The molecular formula is C8H7F2NO. The SMILES string of the molecule is CC(=O)c1c(F)ccc(F)c1N. The normalized spacial score (nSPS) is 9.92. The van der Waals surface area contributed by atoms with Gasteiger partial charge in [-0.1, -0.05) is 0 Å². The van der Waals surface area contributed by atoms with Crippen molar-refractivity contribution in [2.24, 2.45) is 0 Å². The molecule has 1 aromatic carbocycles. The zero-order valence-corrected chi connectivity index (χ0v) is 6.40. The molecule has 0 unspecified atom stereocenters. The molecule has 2 N–H and O–H groups in total. The molecule has 12 heavy (non-hydrogen) atoms. The van der Waals surface area contributed by atoms with Crippen LogP contribution in [0.5, 0.6) is 0 Å². The number of halogens is 2. The number of carbonyl (C=O) groups excluding carboxylic acids is 1. The molecule has 0 heterocycles. The Morgan fingerprint density at radius 3 is 2.25 bits per heavy atom. The smallest absolute Gasteiger partial charge is 0.164 e. The molecule has 1 rings (SSSR count). The van der Waals surface area contributed by atoms with Crippen LogP contribution in [0.15, 0.2) is 12.1 Å². The average Bonchev–Trinajstić information content (AvgIpc) is 1.97. The molecule has 0 aliphatic rings. The lowest BCUT2D eigenvalue weighted by Gasteiger charge is -2.03. The number of rotatable bonds is 1. The van der Waals surface area contributed by atoms with Crippen LogP contribution in [-0.4, -0.2) is 5.78 Å². The summed E-state index contributed by atoms with van der Waals surface area (Å²) in [7, 11) is 0. The Bertz CT molecular complexity index is 336. The zero-order chi connectivity index (χ0) is 9.30. The predicted molar refractivity (Wildman–Crippen MR) is 40.8 cm³/mol. The highest BCUT2D eigenvalue weighted by Gasteiger charge is 2.14. The Labute approximate surface area is 68.0 Å². The van der Waals surface area contributed by atoms with Crippen molar-refractivity contribution in [1.29, 1.82) is 0 Å². The molecule has 0 spiro atoms. The fourth-order valence-corrected chi connectivity index (χ4v) is 0.925. The molecule has 1 aromatic rings. The van der Waals surface area contributed by atoms with E-state index in [4.69, 9.17) is 5.73 Å². The number of anilines is 1. The van der Waals surface area contributed by atoms with Crippen LogP contribution in [0, 0.1) is 11.6 Å². The third-order valence-electron chi connectivity index (χ3n) is 1.49. The molecule has 0 aliphatic carbocycles. The lowest BCUT2D eigenvalue weighted by atomic mass is 10.1. The zero-order valence-electron chi connectivity index (χ0n) is 6.40. The highest BCUT2D eigenvalue weighted by molar-refractivity contribution is 5.99. The van der Waals surface area contributed by atoms with Crippen LogP contribution in [-0.2, 0) is 0 Å². The number of hydrogen-bond acceptors (Lipinski definition) is 2. The van der Waals surface area contributed by atoms with Crippen LogP contribution < -0.4 is 5.73 Å². The van der Waals surface area contributed by atoms with Gasteiger partial charge in [0, 0.05) is 0 Å². The van der Waals surface area contributed by atoms with Crippen LogP contribution in [0.4, 0.5) is 14.5 Å². The maximum Gasteiger partial charge on any atom is 0.164 e. The van der Waals surface area contributed by atoms with E-state index >= 15 is 0 Å². The van der Waals surface area contributed by atoms with E-state index < -0.39 is 23.1 Å². The van der Waals surface area contributed by atoms with E-state index in [0.29, 0.717) is 0 Å². The van der Waals surface area contributed by atoms with Crippen LogP contribution in [0.1, 0.15) is 17.3 Å². The Morgan fingerprint density at radius 2 is 1.83 bits per heavy atom. The maximum atomic E-state index is 12.8. The summed E-state index contributed by atoms with van der Waals surface area (Å²) in [4.78, 5) is 10.8. The number of ketones is 1. The number of benzene rings is 1. The fraction of sp³-hybridized carbons (Fsp3) is 0.125. The fourth-order valence-electron chi connectivity index (χ4n) is 0.925. The lowest BCUT2D eigenvalue weighted by Crippen LogP contribution is -2.05. The largest absolute Gasteiger partial charge is 0.396 e. The Hall–Kier alpha value is -1.45. The maximum absolute atomic E-state index is 12.8. The van der Waals surface area contributed by atoms with Crippen molar-refractivity contribution < 1.29 is 13.6 Å². The first kappa shape index (κ1) is 8.64. The first-order valence-corrected chi connectivity index (χ1v) is 3.28. The van der Waals surface area contributed by atoms with E-state index in [1.54, 1.807) is 0 Å². The van der Waals surface area contributed by atoms with Gasteiger partial charge < -0.3 is 5.73 Å². The summed E-state index contributed by atoms with van der Waals surface area (Å²) >= 11 is 0. The van der Waals surface area contributed by atoms with Gasteiger partial charge in [0.2, 0.25) is 0 Å². The Balaban J connectivity index is 3.43. The number of carbonyl (C=O) groups is 1. The van der Waals surface area contributed by atoms with E-state index in [0.717, 1.165) is 19.1 Å². The van der Waals surface area contributed by atoms with E-state index in [2.05, 4.69) is 0 Å². The van der Waals surface area contributed by atoms with Gasteiger partial charge in [-0.2, -0.15) is 0 Å². The van der Waals surface area contributed by atoms with E-state index in [9.17, 15) is 13.6 Å². The highest BCUT2D eigenvalue weighted by Crippen LogP contribution is 2.19. The standard InChI is InChI=1S/C8H7F2NO/c1-4(12)7-5(9)2-3-6(10)8(7)11/h2-3H,11H2,1H3. The van der Waals surface area contributed by atoms with E-state index in [1.165, 1.54) is 0 Å². The first-order valence-electron chi connectivity index (χ1n) is 3.28. The second kappa shape index (κ2) is 2.89. The quantitative estimate of drug-likeness (QED) is 0.516. The van der Waals surface area contributed by atoms with Gasteiger partial charge in [0.1, 0.15) is 11.6 Å². The minimum atomic E-state index is -0.790. The number of hydrogen-bond donors (Lipinski definition) is 1. The molecule has 4 heteroatoms. The Kier molecular flexibility index (Phi) is 2.08. The second-order valence-corrected chi connectivity index (χ2v) is 2.37. The summed E-state index contributed by atoms with van der Waals surface area (Å²) in [5.74, 6) is -2.15. The van der Waals surface area contributed by atoms with Crippen LogP contribution in [0.2, 0.25) is 0 Å². The summed E-state index contributed by atoms with van der Waals surface area (Å²) in [5, 5.41) is 0. The minimum absolute atomic E-state index is 0.380. The summed E-state index contributed by atoms with van der Waals surface area (Å²) in [6.45, 7) is 1.13. The van der Waals surface area contributed by atoms with Crippen molar-refractivity contribution in [3.05, 3.63) is 29.3 Å². The summed E-state index contributed by atoms with van der Waals surface area (Å²) in [6.07, 6.45) is 0. The molecular weight excluding hydrogens is 164 g/mol. The molecule has 2 nitrogen and oxygen atoms in total. The van der Waals surface area contributed by atoms with Crippen LogP contribution in [0.25, 0.3) is 0 Å². The van der Waals surface area contributed by atoms with Gasteiger partial charge in [0.25, 0.3) is 0 Å². The summed E-state index contributed by atoms with van der Waals surface area (Å²) in [5.41, 5.74) is 4.34. The number of Topliss-reactive ketones (excluding diaryl/α,β-unsaturated/α-hetero) is 1. The van der Waals surface area contributed by atoms with Gasteiger partial charge in [-0.25, -0.2) is 8.78 Å². The molecule has 0 saturated heterocycles. The third kappa shape index (κ3) is 1.28. The van der Waals surface area contributed by atoms with Gasteiger partial charge in [-0.3, -0.25) is 4.79 Å². The minimum Gasteiger partial charge on any atom is -0.396 e. The van der Waals surface area contributed by atoms with Crippen LogP contribution in [0.3, 0.4) is 0 Å². The monoisotopic (exact) mass is 171 g/mol. The summed E-state index contributed by atoms with van der Waals surface area (Å²) < 4.78 is 25.5. The van der Waals surface area contributed by atoms with Gasteiger partial charge in [-0.15, -0.1) is 0 Å². The molecule has 0 bridgehead atoms. The summed E-state index contributed by atoms with van der Waals surface area (Å²) in [6, 6.07) is 1.76. The topological polar surface area (TPSA) is 43.1 Å². The average molecular weight is 171 g/mol. The van der Waals surface area contributed by atoms with Crippen molar-refractivity contribution in [2.45, 2.75) is 6.92 Å². The van der Waals surface area contributed by atoms with Crippen molar-refractivity contribution in [1.82, 2.24) is 0 Å². The van der Waals surface area contributed by atoms with E-state index in [1.807, 2.05) is 0 Å². The molecule has 64 valence electrons. The van der Waals surface area contributed by atoms with Crippen molar-refractivity contribution in [3.63, 3.8) is 0 Å². The van der Waals surface area contributed by atoms with Crippen molar-refractivity contribution in [2.75, 3.05) is 5.73 Å². The predicted octanol–water partition coefficient (Wildman–Crippen LogP) is 1.75. The molecule has 0 radical (unpaired) electrons. The first-order chi connectivity index (χ1) is 5.54. The molecule has 0 aromatic heterocycles. The second-order valence-electron chi connectivity index (χ2n) is 2.37. The van der Waals surface area contributed by atoms with Crippen molar-refractivity contribution >= 4 is 11.5 Å². The highest BCUT2D eigenvalue weighted by atomic mass is 19.1. The number of nitrogen functional groups attached to an aromatic ring is 1. The third-order valence-corrected chi connectivity index (χ3v) is 1.49. The molecule has 0 atom stereocenters.